The second-order valence-corrected chi connectivity index (χ2v) is 14.2. The molecule has 2 atom stereocenters. The molecule has 0 saturated carbocycles. The minimum atomic E-state index is -4.55. The van der Waals surface area contributed by atoms with E-state index in [0.717, 1.165) is 61.3 Å². The summed E-state index contributed by atoms with van der Waals surface area (Å²) < 4.78 is 44.7. The fourth-order valence-electron chi connectivity index (χ4n) is 7.91. The van der Waals surface area contributed by atoms with Gasteiger partial charge in [-0.2, -0.15) is 4.58 Å². The number of nitrogens with zero attached hydrogens (tertiary/aromatic N) is 2. The number of anilines is 1. The van der Waals surface area contributed by atoms with Gasteiger partial charge in [-0.15, -0.1) is 0 Å². The Labute approximate surface area is 236 Å². The van der Waals surface area contributed by atoms with Crippen LogP contribution in [-0.2, 0) is 32.1 Å². The highest BCUT2D eigenvalue weighted by atomic mass is 32.2. The topological polar surface area (TPSA) is 92.9 Å². The van der Waals surface area contributed by atoms with Crippen molar-refractivity contribution >= 4 is 27.2 Å². The lowest BCUT2D eigenvalue weighted by molar-refractivity contribution is -0.445. The third-order valence-electron chi connectivity index (χ3n) is 9.70. The Hall–Kier alpha value is -2.78. The number of benzene rings is 2. The monoisotopic (exact) mass is 560 g/mol. The van der Waals surface area contributed by atoms with E-state index in [0.29, 0.717) is 0 Å². The van der Waals surface area contributed by atoms with E-state index in [-0.39, 0.29) is 29.1 Å². The summed E-state index contributed by atoms with van der Waals surface area (Å²) in [5, 5.41) is 9.34. The molecule has 8 heteroatoms. The molecule has 0 amide bonds. The summed E-state index contributed by atoms with van der Waals surface area (Å²) in [4.78, 5) is 2.30. The summed E-state index contributed by atoms with van der Waals surface area (Å²) in [5.41, 5.74) is 9.84. The first kappa shape index (κ1) is 26.1. The van der Waals surface area contributed by atoms with Crippen molar-refractivity contribution in [3.63, 3.8) is 0 Å². The van der Waals surface area contributed by atoms with Gasteiger partial charge in [0.2, 0.25) is 5.69 Å². The number of hydrogen-bond donors (Lipinski definition) is 1. The van der Waals surface area contributed by atoms with Gasteiger partial charge in [0.1, 0.15) is 10.1 Å². The molecule has 0 fully saturated rings. The van der Waals surface area contributed by atoms with Crippen LogP contribution < -0.4 is 4.90 Å². The van der Waals surface area contributed by atoms with Gasteiger partial charge in [0.15, 0.2) is 12.3 Å². The van der Waals surface area contributed by atoms with Crippen LogP contribution in [0.5, 0.6) is 0 Å². The minimum absolute atomic E-state index is 0.0135. The third-order valence-corrected chi connectivity index (χ3v) is 10.5. The Bertz CT molecular complexity index is 1660. The van der Waals surface area contributed by atoms with Crippen molar-refractivity contribution in [1.82, 2.24) is 0 Å². The molecule has 2 aromatic carbocycles. The molecule has 5 aliphatic rings. The van der Waals surface area contributed by atoms with Gasteiger partial charge in [-0.05, 0) is 68.5 Å². The molecule has 40 heavy (non-hydrogen) atoms. The quantitative estimate of drug-likeness (QED) is 0.439. The average Bonchev–Trinajstić information content (AvgIpc) is 3.29. The van der Waals surface area contributed by atoms with Crippen molar-refractivity contribution < 1.29 is 27.4 Å². The number of aryl methyl sites for hydroxylation is 1. The molecule has 0 bridgehead atoms. The molecule has 7 rings (SSSR count). The molecule has 0 spiro atoms. The summed E-state index contributed by atoms with van der Waals surface area (Å²) in [6.07, 6.45) is 5.81. The Balaban J connectivity index is 1.37. The molecular formula is C32H36N2O5S. The zero-order chi connectivity index (χ0) is 28.2. The van der Waals surface area contributed by atoms with E-state index >= 15 is 0 Å². The molecule has 210 valence electrons. The summed E-state index contributed by atoms with van der Waals surface area (Å²) in [6.45, 7) is 10.7. The van der Waals surface area contributed by atoms with Gasteiger partial charge < -0.3 is 19.3 Å². The second kappa shape index (κ2) is 8.61. The van der Waals surface area contributed by atoms with Crippen LogP contribution in [0.3, 0.4) is 0 Å². The highest BCUT2D eigenvalue weighted by molar-refractivity contribution is 7.85. The summed E-state index contributed by atoms with van der Waals surface area (Å²) in [5.74, 6) is 0. The Kier molecular flexibility index (Phi) is 5.63. The number of fused-ring (bicyclic) bond motifs is 8. The fourth-order valence-corrected chi connectivity index (χ4v) is 8.41. The van der Waals surface area contributed by atoms with Crippen LogP contribution in [0.15, 0.2) is 64.2 Å². The molecule has 0 radical (unpaired) electrons. The smallest absolute Gasteiger partial charge is 0.209 e. The van der Waals surface area contributed by atoms with Gasteiger partial charge in [-0.1, -0.05) is 26.0 Å². The standard InChI is InChI=1S/C32H36N2O5S/c1-31(2)23-16-19(6-5-15-35)7-9-25(23)33-13-11-27-21(29(31)33)18-22-28(39-27)12-14-34-26-10-8-20(40(36,37)38)17-24(26)32(3,4)30(22)34/h7-10,16-18,27-28,35H,5-6,11-15H2,1-4H3. The van der Waals surface area contributed by atoms with Crippen LogP contribution in [0.1, 0.15) is 63.6 Å². The highest BCUT2D eigenvalue weighted by Crippen LogP contribution is 2.54. The van der Waals surface area contributed by atoms with E-state index in [1.807, 2.05) is 0 Å². The van der Waals surface area contributed by atoms with Gasteiger partial charge in [0.25, 0.3) is 0 Å². The predicted octanol–water partition coefficient (Wildman–Crippen LogP) is 4.44. The van der Waals surface area contributed by atoms with Gasteiger partial charge >= 0.3 is 0 Å². The van der Waals surface area contributed by atoms with Crippen LogP contribution >= 0.6 is 0 Å². The lowest BCUT2D eigenvalue weighted by Gasteiger charge is -2.42. The molecule has 7 nitrogen and oxygen atoms in total. The van der Waals surface area contributed by atoms with Crippen LogP contribution in [0.2, 0.25) is 0 Å². The lowest BCUT2D eigenvalue weighted by Crippen LogP contribution is -2.47. The van der Waals surface area contributed by atoms with Crippen molar-refractivity contribution in [3.05, 3.63) is 76.0 Å². The van der Waals surface area contributed by atoms with Crippen LogP contribution in [0, 0.1) is 0 Å². The van der Waals surface area contributed by atoms with E-state index in [1.165, 1.54) is 34.2 Å². The van der Waals surface area contributed by atoms with Gasteiger partial charge in [-0.25, -0.2) is 8.42 Å². The molecule has 0 aromatic heterocycles. The number of rotatable bonds is 4. The molecule has 0 saturated heterocycles. The van der Waals surface area contributed by atoms with Gasteiger partial charge in [0.05, 0.1) is 22.5 Å². The number of hydrogen-bond acceptors (Lipinski definition) is 6. The maximum Gasteiger partial charge on any atom is 0.209 e. The normalized spacial score (nSPS) is 25.6. The van der Waals surface area contributed by atoms with Crippen LogP contribution in [0.25, 0.3) is 0 Å². The first-order chi connectivity index (χ1) is 18.9. The predicted molar refractivity (Wildman–Crippen MR) is 152 cm³/mol. The second-order valence-electron chi connectivity index (χ2n) is 12.8. The molecule has 0 aliphatic carbocycles. The highest BCUT2D eigenvalue weighted by Gasteiger charge is 2.54. The van der Waals surface area contributed by atoms with Crippen molar-refractivity contribution in [1.29, 1.82) is 0 Å². The van der Waals surface area contributed by atoms with Crippen molar-refractivity contribution in [2.24, 2.45) is 0 Å². The Morgan fingerprint density at radius 3 is 2.60 bits per heavy atom. The molecule has 5 heterocycles. The van der Waals surface area contributed by atoms with Crippen molar-refractivity contribution in [3.8, 4) is 0 Å². The van der Waals surface area contributed by atoms with E-state index in [1.54, 1.807) is 12.1 Å². The number of allylic oxidation sites excluding steroid dienone is 1. The average molecular weight is 561 g/mol. The summed E-state index contributed by atoms with van der Waals surface area (Å²) in [7, 11) is -4.55. The molecule has 2 aromatic rings. The minimum Gasteiger partial charge on any atom is -0.744 e. The lowest BCUT2D eigenvalue weighted by atomic mass is 9.74. The Morgan fingerprint density at radius 1 is 1.05 bits per heavy atom. The van der Waals surface area contributed by atoms with E-state index in [4.69, 9.17) is 4.74 Å². The summed E-state index contributed by atoms with van der Waals surface area (Å²) >= 11 is 0. The maximum atomic E-state index is 11.8. The number of ether oxygens (including phenoxy) is 1. The van der Waals surface area contributed by atoms with E-state index in [2.05, 4.69) is 61.4 Å². The number of aliphatic hydroxyl groups is 1. The van der Waals surface area contributed by atoms with E-state index < -0.39 is 15.5 Å². The maximum absolute atomic E-state index is 11.8. The SMILES string of the molecule is CC1(C)C2=C3C=C4C5=[N+](CCC4OC3CCN2c2ccc(CCCO)cc21)c1ccc(S(=O)(=O)[O-])cc1C5(C)C. The van der Waals surface area contributed by atoms with Crippen molar-refractivity contribution in [2.45, 2.75) is 81.3 Å². The van der Waals surface area contributed by atoms with E-state index in [9.17, 15) is 18.1 Å². The van der Waals surface area contributed by atoms with Crippen LogP contribution in [-0.4, -0.2) is 60.3 Å². The van der Waals surface area contributed by atoms with Crippen molar-refractivity contribution in [2.75, 3.05) is 24.6 Å². The summed E-state index contributed by atoms with van der Waals surface area (Å²) in [6, 6.07) is 11.6. The zero-order valence-corrected chi connectivity index (χ0v) is 24.3. The van der Waals surface area contributed by atoms with Gasteiger partial charge in [-0.3, -0.25) is 0 Å². The van der Waals surface area contributed by atoms with Crippen LogP contribution in [0.4, 0.5) is 11.4 Å². The first-order valence-electron chi connectivity index (χ1n) is 14.3. The number of aliphatic hydroxyl groups excluding tert-OH is 1. The fraction of sp³-hybridized carbons (Fsp3) is 0.469. The third kappa shape index (κ3) is 3.59. The van der Waals surface area contributed by atoms with Gasteiger partial charge in [0, 0.05) is 59.1 Å². The molecular weight excluding hydrogens is 524 g/mol. The Morgan fingerprint density at radius 2 is 1.85 bits per heavy atom. The largest absolute Gasteiger partial charge is 0.744 e. The zero-order valence-electron chi connectivity index (χ0n) is 23.5. The molecule has 2 unspecified atom stereocenters. The first-order valence-corrected chi connectivity index (χ1v) is 15.7. The molecule has 5 aliphatic heterocycles. The molecule has 1 N–H and O–H groups in total.